The molecule has 0 amide bonds. The zero-order valence-corrected chi connectivity index (χ0v) is 21.1. The first-order valence-corrected chi connectivity index (χ1v) is 13.0. The van der Waals surface area contributed by atoms with Gasteiger partial charge in [0.1, 0.15) is 0 Å². The summed E-state index contributed by atoms with van der Waals surface area (Å²) in [6, 6.07) is 14.4. The van der Waals surface area contributed by atoms with Crippen molar-refractivity contribution in [2.24, 2.45) is 5.92 Å². The number of halogens is 2. The molecule has 1 heterocycles. The van der Waals surface area contributed by atoms with Crippen molar-refractivity contribution in [2.75, 3.05) is 11.4 Å². The number of aryl methyl sites for hydroxylation is 1. The summed E-state index contributed by atoms with van der Waals surface area (Å²) in [6.45, 7) is 7.28. The first-order chi connectivity index (χ1) is 15.4. The van der Waals surface area contributed by atoms with Crippen LogP contribution in [0.5, 0.6) is 0 Å². The number of anilines is 1. The van der Waals surface area contributed by atoms with Crippen LogP contribution in [0.3, 0.4) is 0 Å². The van der Waals surface area contributed by atoms with E-state index in [-0.39, 0.29) is 0 Å². The van der Waals surface area contributed by atoms with Gasteiger partial charge in [0.05, 0.1) is 22.9 Å². The summed E-state index contributed by atoms with van der Waals surface area (Å²) in [5.41, 5.74) is 4.14. The van der Waals surface area contributed by atoms with Crippen molar-refractivity contribution in [3.05, 3.63) is 68.5 Å². The highest BCUT2D eigenvalue weighted by Crippen LogP contribution is 2.48. The maximum atomic E-state index is 10.2. The second-order valence-corrected chi connectivity index (χ2v) is 10.6. The molecule has 1 saturated carbocycles. The van der Waals surface area contributed by atoms with Crippen molar-refractivity contribution in [1.29, 1.82) is 0 Å². The normalized spacial score (nSPS) is 15.6. The lowest BCUT2D eigenvalue weighted by atomic mass is 9.97. The smallest absolute Gasteiger partial charge is 0.186 e. The molecule has 1 aromatic heterocycles. The highest BCUT2D eigenvalue weighted by Gasteiger charge is 2.37. The summed E-state index contributed by atoms with van der Waals surface area (Å²) in [5.74, 6) is 0.635. The van der Waals surface area contributed by atoms with Crippen LogP contribution in [0.15, 0.2) is 42.5 Å². The van der Waals surface area contributed by atoms with Crippen LogP contribution in [0.1, 0.15) is 67.7 Å². The molecule has 1 fully saturated rings. The third-order valence-corrected chi connectivity index (χ3v) is 7.69. The quantitative estimate of drug-likeness (QED) is 0.329. The lowest BCUT2D eigenvalue weighted by molar-refractivity contribution is 0.173. The van der Waals surface area contributed by atoms with Crippen molar-refractivity contribution in [3.63, 3.8) is 0 Å². The number of aliphatic hydroxyl groups excluding tert-OH is 1. The third kappa shape index (κ3) is 4.99. The summed E-state index contributed by atoms with van der Waals surface area (Å²) in [7, 11) is 0. The van der Waals surface area contributed by atoms with Crippen LogP contribution in [0, 0.1) is 12.8 Å². The zero-order chi connectivity index (χ0) is 22.8. The molecule has 1 aliphatic rings. The second kappa shape index (κ2) is 10.1. The number of thiazole rings is 1. The minimum atomic E-state index is -0.400. The fraction of sp³-hybridized carbons (Fsp3) is 0.423. The Labute approximate surface area is 205 Å². The van der Waals surface area contributed by atoms with Crippen molar-refractivity contribution < 1.29 is 5.11 Å². The number of rotatable bonds is 9. The van der Waals surface area contributed by atoms with Gasteiger partial charge in [-0.25, -0.2) is 4.98 Å². The molecule has 32 heavy (non-hydrogen) atoms. The van der Waals surface area contributed by atoms with Crippen LogP contribution in [-0.4, -0.2) is 16.6 Å². The molecular formula is C26H30Cl2N2OS. The van der Waals surface area contributed by atoms with E-state index < -0.39 is 6.10 Å². The van der Waals surface area contributed by atoms with Gasteiger partial charge in [0.15, 0.2) is 5.13 Å². The lowest BCUT2D eigenvalue weighted by Gasteiger charge is -2.32. The molecular weight excluding hydrogens is 459 g/mol. The minimum absolute atomic E-state index is 0.293. The number of hydrogen-bond donors (Lipinski definition) is 1. The maximum absolute atomic E-state index is 10.2. The van der Waals surface area contributed by atoms with Gasteiger partial charge < -0.3 is 10.0 Å². The van der Waals surface area contributed by atoms with Gasteiger partial charge in [0.25, 0.3) is 0 Å². The number of hydrogen-bond acceptors (Lipinski definition) is 4. The predicted molar refractivity (Wildman–Crippen MR) is 137 cm³/mol. The summed E-state index contributed by atoms with van der Waals surface area (Å²) in [5, 5.41) is 12.5. The Balaban J connectivity index is 1.70. The Morgan fingerprint density at radius 3 is 2.38 bits per heavy atom. The molecule has 1 aliphatic carbocycles. The van der Waals surface area contributed by atoms with Gasteiger partial charge in [0, 0.05) is 22.0 Å². The number of aliphatic hydroxyl groups is 1. The molecule has 1 N–H and O–H groups in total. The van der Waals surface area contributed by atoms with Crippen molar-refractivity contribution in [3.8, 4) is 11.3 Å². The molecule has 0 saturated heterocycles. The molecule has 2 unspecified atom stereocenters. The lowest BCUT2D eigenvalue weighted by Crippen LogP contribution is -2.31. The van der Waals surface area contributed by atoms with E-state index >= 15 is 0 Å². The molecule has 0 aliphatic heterocycles. The molecule has 4 rings (SSSR count). The average Bonchev–Trinajstić information content (AvgIpc) is 3.55. The van der Waals surface area contributed by atoms with Gasteiger partial charge in [0.2, 0.25) is 0 Å². The Kier molecular flexibility index (Phi) is 7.46. The van der Waals surface area contributed by atoms with Crippen LogP contribution in [0.4, 0.5) is 5.13 Å². The van der Waals surface area contributed by atoms with Gasteiger partial charge in [-0.05, 0) is 67.9 Å². The second-order valence-electron chi connectivity index (χ2n) is 8.59. The molecule has 6 heteroatoms. The van der Waals surface area contributed by atoms with Crippen LogP contribution in [0.25, 0.3) is 11.3 Å². The van der Waals surface area contributed by atoms with E-state index in [2.05, 4.69) is 43.0 Å². The molecule has 170 valence electrons. The first-order valence-electron chi connectivity index (χ1n) is 11.4. The van der Waals surface area contributed by atoms with Gasteiger partial charge in [-0.1, -0.05) is 61.3 Å². The number of nitrogens with zero attached hydrogens (tertiary/aromatic N) is 2. The van der Waals surface area contributed by atoms with Gasteiger partial charge in [-0.2, -0.15) is 0 Å². The van der Waals surface area contributed by atoms with Crippen LogP contribution >= 0.6 is 34.5 Å². The Bertz CT molecular complexity index is 1060. The Morgan fingerprint density at radius 2 is 1.78 bits per heavy atom. The monoisotopic (exact) mass is 488 g/mol. The summed E-state index contributed by atoms with van der Waals surface area (Å²) >= 11 is 14.3. The first kappa shape index (κ1) is 23.6. The third-order valence-electron chi connectivity index (χ3n) is 6.14. The van der Waals surface area contributed by atoms with Crippen molar-refractivity contribution in [2.45, 2.75) is 58.6 Å². The van der Waals surface area contributed by atoms with E-state index in [1.807, 2.05) is 19.1 Å². The van der Waals surface area contributed by atoms with E-state index in [0.29, 0.717) is 22.0 Å². The van der Waals surface area contributed by atoms with Crippen LogP contribution in [0.2, 0.25) is 10.0 Å². The fourth-order valence-electron chi connectivity index (χ4n) is 4.30. The Hall–Kier alpha value is -1.59. The van der Waals surface area contributed by atoms with Crippen LogP contribution < -0.4 is 4.90 Å². The van der Waals surface area contributed by atoms with E-state index in [1.54, 1.807) is 17.4 Å². The molecule has 3 nitrogen and oxygen atoms in total. The molecule has 0 spiro atoms. The standard InChI is InChI=1S/C26H30Cl2N2OS/c1-4-14-30(25(19-10-11-19)18-8-6-17(7-9-18)23(31)5-2)26-29-24(16(3)32-26)21-13-12-20(27)15-22(21)28/h6-9,12-13,15,19,23,25,31H,4-5,10-11,14H2,1-3H3. The predicted octanol–water partition coefficient (Wildman–Crippen LogP) is 8.24. The fourth-order valence-corrected chi connectivity index (χ4v) is 5.78. The molecule has 2 aromatic carbocycles. The van der Waals surface area contributed by atoms with Crippen molar-refractivity contribution in [1.82, 2.24) is 4.98 Å². The largest absolute Gasteiger partial charge is 0.388 e. The molecule has 3 aromatic rings. The van der Waals surface area contributed by atoms with E-state index in [9.17, 15) is 5.11 Å². The van der Waals surface area contributed by atoms with Gasteiger partial charge >= 0.3 is 0 Å². The summed E-state index contributed by atoms with van der Waals surface area (Å²) < 4.78 is 0. The maximum Gasteiger partial charge on any atom is 0.186 e. The van der Waals surface area contributed by atoms with E-state index in [1.165, 1.54) is 18.4 Å². The number of benzene rings is 2. The minimum Gasteiger partial charge on any atom is -0.388 e. The van der Waals surface area contributed by atoms with Gasteiger partial charge in [-0.3, -0.25) is 0 Å². The SMILES string of the molecule is CCCN(c1nc(-c2ccc(Cl)cc2Cl)c(C)s1)C(c1ccc(C(O)CC)cc1)C1CC1. The van der Waals surface area contributed by atoms with Gasteiger partial charge in [-0.15, -0.1) is 11.3 Å². The summed E-state index contributed by atoms with van der Waals surface area (Å²) in [6.07, 6.45) is 3.85. The Morgan fingerprint density at radius 1 is 1.09 bits per heavy atom. The summed E-state index contributed by atoms with van der Waals surface area (Å²) in [4.78, 5) is 8.72. The highest BCUT2D eigenvalue weighted by molar-refractivity contribution is 7.16. The molecule has 0 bridgehead atoms. The number of aromatic nitrogens is 1. The average molecular weight is 490 g/mol. The zero-order valence-electron chi connectivity index (χ0n) is 18.8. The van der Waals surface area contributed by atoms with Crippen molar-refractivity contribution >= 4 is 39.7 Å². The van der Waals surface area contributed by atoms with E-state index in [0.717, 1.165) is 46.2 Å². The molecule has 0 radical (unpaired) electrons. The highest BCUT2D eigenvalue weighted by atomic mass is 35.5. The molecule has 2 atom stereocenters. The topological polar surface area (TPSA) is 36.4 Å². The van der Waals surface area contributed by atoms with Crippen LogP contribution in [-0.2, 0) is 0 Å². The van der Waals surface area contributed by atoms with E-state index in [4.69, 9.17) is 28.2 Å².